The van der Waals surface area contributed by atoms with Crippen molar-refractivity contribution in [2.45, 2.75) is 33.4 Å². The van der Waals surface area contributed by atoms with E-state index in [1.807, 2.05) is 22.9 Å². The summed E-state index contributed by atoms with van der Waals surface area (Å²) in [6.45, 7) is 5.55. The second kappa shape index (κ2) is 7.18. The fraction of sp³-hybridized carbons (Fsp3) is 0.400. The zero-order valence-corrected chi connectivity index (χ0v) is 14.8. The van der Waals surface area contributed by atoms with Crippen molar-refractivity contribution < 1.29 is 4.74 Å². The largest absolute Gasteiger partial charge is 0.497 e. The van der Waals surface area contributed by atoms with Crippen LogP contribution in [0.2, 0.25) is 5.02 Å². The highest BCUT2D eigenvalue weighted by Crippen LogP contribution is 2.26. The van der Waals surface area contributed by atoms with E-state index >= 15 is 0 Å². The molecular weight excluding hydrogens is 354 g/mol. The molecule has 1 aromatic heterocycles. The number of nitrogens with one attached hydrogen (secondary N) is 1. The third-order valence-electron chi connectivity index (χ3n) is 3.26. The number of hydrogen-bond donors (Lipinski definition) is 1. The van der Waals surface area contributed by atoms with Crippen LogP contribution < -0.4 is 10.1 Å². The molecule has 0 amide bonds. The first-order valence-corrected chi connectivity index (χ1v) is 8.08. The summed E-state index contributed by atoms with van der Waals surface area (Å²) >= 11 is 9.88. The Balaban J connectivity index is 2.20. The van der Waals surface area contributed by atoms with Gasteiger partial charge in [0.15, 0.2) is 0 Å². The number of benzene rings is 1. The minimum absolute atomic E-state index is 0.624. The van der Waals surface area contributed by atoms with E-state index in [4.69, 9.17) is 16.3 Å². The predicted molar refractivity (Wildman–Crippen MR) is 90.3 cm³/mol. The number of halogens is 2. The van der Waals surface area contributed by atoms with Gasteiger partial charge in [0.1, 0.15) is 5.75 Å². The molecule has 6 heteroatoms. The van der Waals surface area contributed by atoms with Crippen molar-refractivity contribution in [2.75, 3.05) is 12.4 Å². The van der Waals surface area contributed by atoms with Gasteiger partial charge in [0.2, 0.25) is 0 Å². The van der Waals surface area contributed by atoms with E-state index in [0.717, 1.165) is 45.3 Å². The molecule has 0 radical (unpaired) electrons. The zero-order chi connectivity index (χ0) is 15.4. The van der Waals surface area contributed by atoms with Gasteiger partial charge in [-0.05, 0) is 25.5 Å². The number of aryl methyl sites for hydroxylation is 2. The molecule has 1 N–H and O–H groups in total. The smallest absolute Gasteiger partial charge is 0.122 e. The maximum Gasteiger partial charge on any atom is 0.122 e. The normalized spacial score (nSPS) is 10.7. The monoisotopic (exact) mass is 371 g/mol. The predicted octanol–water partition coefficient (Wildman–Crippen LogP) is 4.50. The number of nitrogens with zero attached hydrogens (tertiary/aromatic N) is 2. The SMILES string of the molecule is CCc1nn(CC)c(CNc2cc(Br)cc(OC)c2)c1Cl. The van der Waals surface area contributed by atoms with Gasteiger partial charge in [0.05, 0.1) is 30.1 Å². The number of anilines is 1. The van der Waals surface area contributed by atoms with E-state index in [0.29, 0.717) is 6.54 Å². The standard InChI is InChI=1S/C15H19BrClN3O/c1-4-13-15(17)14(20(5-2)19-13)9-18-11-6-10(16)7-12(8-11)21-3/h6-8,18H,4-5,9H2,1-3H3. The highest BCUT2D eigenvalue weighted by atomic mass is 79.9. The number of hydrogen-bond acceptors (Lipinski definition) is 3. The van der Waals surface area contributed by atoms with E-state index < -0.39 is 0 Å². The second-order valence-electron chi connectivity index (χ2n) is 4.61. The van der Waals surface area contributed by atoms with Crippen LogP contribution in [-0.4, -0.2) is 16.9 Å². The Hall–Kier alpha value is -1.20. The average molecular weight is 373 g/mol. The molecule has 0 bridgehead atoms. The van der Waals surface area contributed by atoms with Gasteiger partial charge in [0.25, 0.3) is 0 Å². The highest BCUT2D eigenvalue weighted by Gasteiger charge is 2.14. The molecule has 0 fully saturated rings. The first-order valence-electron chi connectivity index (χ1n) is 6.91. The second-order valence-corrected chi connectivity index (χ2v) is 5.90. The number of aromatic nitrogens is 2. The summed E-state index contributed by atoms with van der Waals surface area (Å²) in [7, 11) is 1.65. The van der Waals surface area contributed by atoms with E-state index in [-0.39, 0.29) is 0 Å². The molecule has 0 aliphatic rings. The molecule has 4 nitrogen and oxygen atoms in total. The van der Waals surface area contributed by atoms with Crippen LogP contribution in [0.1, 0.15) is 25.2 Å². The van der Waals surface area contributed by atoms with Crippen LogP contribution in [-0.2, 0) is 19.5 Å². The van der Waals surface area contributed by atoms with Gasteiger partial charge >= 0.3 is 0 Å². The quantitative estimate of drug-likeness (QED) is 0.811. The zero-order valence-electron chi connectivity index (χ0n) is 12.4. The third-order valence-corrected chi connectivity index (χ3v) is 4.16. The molecule has 0 saturated heterocycles. The van der Waals surface area contributed by atoms with Gasteiger partial charge in [-0.2, -0.15) is 5.10 Å². The van der Waals surface area contributed by atoms with Crippen LogP contribution in [0.5, 0.6) is 5.75 Å². The third kappa shape index (κ3) is 3.71. The molecule has 0 spiro atoms. The molecule has 21 heavy (non-hydrogen) atoms. The maximum atomic E-state index is 6.41. The molecule has 0 aliphatic carbocycles. The Morgan fingerprint density at radius 2 is 2.10 bits per heavy atom. The van der Waals surface area contributed by atoms with Gasteiger partial charge in [-0.15, -0.1) is 0 Å². The molecule has 2 aromatic rings. The summed E-state index contributed by atoms with van der Waals surface area (Å²) < 4.78 is 8.18. The Morgan fingerprint density at radius 3 is 2.71 bits per heavy atom. The van der Waals surface area contributed by atoms with E-state index in [9.17, 15) is 0 Å². The fourth-order valence-electron chi connectivity index (χ4n) is 2.15. The van der Waals surface area contributed by atoms with E-state index in [1.54, 1.807) is 7.11 Å². The summed E-state index contributed by atoms with van der Waals surface area (Å²) in [4.78, 5) is 0. The molecule has 1 aromatic carbocycles. The Labute approximate surface area is 138 Å². The molecule has 114 valence electrons. The molecule has 0 atom stereocenters. The fourth-order valence-corrected chi connectivity index (χ4v) is 2.96. The molecule has 0 aliphatic heterocycles. The van der Waals surface area contributed by atoms with Crippen molar-refractivity contribution >= 4 is 33.2 Å². The highest BCUT2D eigenvalue weighted by molar-refractivity contribution is 9.10. The lowest BCUT2D eigenvalue weighted by molar-refractivity contribution is 0.414. The summed E-state index contributed by atoms with van der Waals surface area (Å²) in [5.74, 6) is 0.802. The lowest BCUT2D eigenvalue weighted by Gasteiger charge is -2.10. The van der Waals surface area contributed by atoms with Crippen molar-refractivity contribution in [1.82, 2.24) is 9.78 Å². The summed E-state index contributed by atoms with van der Waals surface area (Å²) in [6, 6.07) is 5.87. The summed E-state index contributed by atoms with van der Waals surface area (Å²) in [5, 5.41) is 8.65. The van der Waals surface area contributed by atoms with Gasteiger partial charge in [-0.3, -0.25) is 4.68 Å². The minimum atomic E-state index is 0.624. The first-order chi connectivity index (χ1) is 10.1. The number of ether oxygens (including phenoxy) is 1. The topological polar surface area (TPSA) is 39.1 Å². The van der Waals surface area contributed by atoms with Crippen LogP contribution in [0.3, 0.4) is 0 Å². The van der Waals surface area contributed by atoms with Crippen LogP contribution in [0.25, 0.3) is 0 Å². The molecule has 0 unspecified atom stereocenters. The van der Waals surface area contributed by atoms with E-state index in [2.05, 4.69) is 40.2 Å². The lowest BCUT2D eigenvalue weighted by Crippen LogP contribution is -2.08. The first kappa shape index (κ1) is 16.2. The van der Waals surface area contributed by atoms with Crippen molar-refractivity contribution in [3.05, 3.63) is 39.1 Å². The molecule has 0 saturated carbocycles. The minimum Gasteiger partial charge on any atom is -0.497 e. The summed E-state index contributed by atoms with van der Waals surface area (Å²) in [6.07, 6.45) is 0.837. The van der Waals surface area contributed by atoms with Gasteiger partial charge < -0.3 is 10.1 Å². The maximum absolute atomic E-state index is 6.41. The molecule has 1 heterocycles. The van der Waals surface area contributed by atoms with Crippen LogP contribution in [0.15, 0.2) is 22.7 Å². The summed E-state index contributed by atoms with van der Waals surface area (Å²) in [5.41, 5.74) is 2.93. The van der Waals surface area contributed by atoms with E-state index in [1.165, 1.54) is 0 Å². The van der Waals surface area contributed by atoms with Crippen LogP contribution in [0, 0.1) is 0 Å². The Morgan fingerprint density at radius 1 is 1.33 bits per heavy atom. The van der Waals surface area contributed by atoms with Crippen molar-refractivity contribution in [3.63, 3.8) is 0 Å². The Bertz CT molecular complexity index is 628. The van der Waals surface area contributed by atoms with Crippen molar-refractivity contribution in [3.8, 4) is 5.75 Å². The van der Waals surface area contributed by atoms with Crippen LogP contribution in [0.4, 0.5) is 5.69 Å². The Kier molecular flexibility index (Phi) is 5.53. The number of rotatable bonds is 6. The van der Waals surface area contributed by atoms with Gasteiger partial charge in [-0.1, -0.05) is 34.5 Å². The average Bonchev–Trinajstić information content (AvgIpc) is 2.80. The lowest BCUT2D eigenvalue weighted by atomic mass is 10.2. The number of methoxy groups -OCH3 is 1. The van der Waals surface area contributed by atoms with Crippen molar-refractivity contribution in [2.24, 2.45) is 0 Å². The van der Waals surface area contributed by atoms with Gasteiger partial charge in [-0.25, -0.2) is 0 Å². The van der Waals surface area contributed by atoms with Gasteiger partial charge in [0, 0.05) is 22.8 Å². The molecular formula is C15H19BrClN3O. The molecule has 2 rings (SSSR count). The van der Waals surface area contributed by atoms with Crippen LogP contribution >= 0.6 is 27.5 Å². The van der Waals surface area contributed by atoms with Crippen molar-refractivity contribution in [1.29, 1.82) is 0 Å².